The van der Waals surface area contributed by atoms with E-state index in [0.717, 1.165) is 11.3 Å². The zero-order valence-corrected chi connectivity index (χ0v) is 18.9. The van der Waals surface area contributed by atoms with Crippen molar-refractivity contribution in [3.8, 4) is 17.4 Å². The zero-order chi connectivity index (χ0) is 23.7. The fourth-order valence-corrected chi connectivity index (χ4v) is 4.59. The molecule has 0 bridgehead atoms. The Morgan fingerprint density at radius 1 is 1.00 bits per heavy atom. The highest BCUT2D eigenvalue weighted by molar-refractivity contribution is 7.92. The van der Waals surface area contributed by atoms with Gasteiger partial charge in [-0.25, -0.2) is 13.1 Å². The predicted molar refractivity (Wildman–Crippen MR) is 125 cm³/mol. The Labute approximate surface area is 195 Å². The molecule has 0 radical (unpaired) electrons. The van der Waals surface area contributed by atoms with Crippen LogP contribution >= 0.6 is 0 Å². The number of fused-ring (bicyclic) bond motifs is 1. The molecule has 10 nitrogen and oxygen atoms in total. The minimum atomic E-state index is -3.80. The van der Waals surface area contributed by atoms with Gasteiger partial charge in [-0.3, -0.25) is 9.52 Å². The zero-order valence-electron chi connectivity index (χ0n) is 18.1. The summed E-state index contributed by atoms with van der Waals surface area (Å²) >= 11 is 0. The molecule has 4 aromatic rings. The maximum Gasteiger partial charge on any atom is 0.261 e. The molecule has 172 valence electrons. The summed E-state index contributed by atoms with van der Waals surface area (Å²) in [5.41, 5.74) is 2.69. The number of nitrogens with zero attached hydrogens (tertiary/aromatic N) is 4. The number of hydrogen-bond donors (Lipinski definition) is 2. The van der Waals surface area contributed by atoms with Crippen LogP contribution in [-0.2, 0) is 21.2 Å². The first kappa shape index (κ1) is 21.6. The summed E-state index contributed by atoms with van der Waals surface area (Å²) < 4.78 is 35.5. The average molecular weight is 477 g/mol. The van der Waals surface area contributed by atoms with Gasteiger partial charge >= 0.3 is 0 Å². The van der Waals surface area contributed by atoms with Crippen LogP contribution in [0, 0.1) is 6.92 Å². The first-order chi connectivity index (χ1) is 16.4. The number of benzene rings is 2. The van der Waals surface area contributed by atoms with Gasteiger partial charge in [-0.15, -0.1) is 10.2 Å². The predicted octanol–water partition coefficient (Wildman–Crippen LogP) is 3.45. The Bertz CT molecular complexity index is 1460. The minimum Gasteiger partial charge on any atom is -0.438 e. The van der Waals surface area contributed by atoms with Gasteiger partial charge in [0.2, 0.25) is 11.8 Å². The van der Waals surface area contributed by atoms with E-state index >= 15 is 0 Å². The van der Waals surface area contributed by atoms with Crippen LogP contribution < -0.4 is 14.8 Å². The molecule has 0 saturated heterocycles. The summed E-state index contributed by atoms with van der Waals surface area (Å²) in [5.74, 6) is 1.26. The molecule has 11 heteroatoms. The summed E-state index contributed by atoms with van der Waals surface area (Å²) in [6.45, 7) is 1.89. The van der Waals surface area contributed by atoms with Crippen molar-refractivity contribution in [1.29, 1.82) is 0 Å². The summed E-state index contributed by atoms with van der Waals surface area (Å²) in [6.07, 6.45) is 2.63. The Kier molecular flexibility index (Phi) is 5.46. The van der Waals surface area contributed by atoms with E-state index in [1.165, 1.54) is 6.07 Å². The van der Waals surface area contributed by atoms with Gasteiger partial charge in [-0.05, 0) is 73.5 Å². The monoisotopic (exact) mass is 476 g/mol. The van der Waals surface area contributed by atoms with Gasteiger partial charge in [-0.2, -0.15) is 5.10 Å². The highest BCUT2D eigenvalue weighted by Gasteiger charge is 2.20. The molecule has 1 amide bonds. The molecule has 0 atom stereocenters. The highest BCUT2D eigenvalue weighted by Crippen LogP contribution is 2.27. The van der Waals surface area contributed by atoms with E-state index in [1.807, 2.05) is 13.0 Å². The van der Waals surface area contributed by atoms with Crippen molar-refractivity contribution in [1.82, 2.24) is 20.0 Å². The average Bonchev–Trinajstić information content (AvgIpc) is 3.26. The Balaban J connectivity index is 1.25. The third-order valence-electron chi connectivity index (χ3n) is 5.19. The lowest BCUT2D eigenvalue weighted by atomic mass is 10.0. The van der Waals surface area contributed by atoms with Crippen molar-refractivity contribution in [3.05, 3.63) is 78.1 Å². The lowest BCUT2D eigenvalue weighted by Crippen LogP contribution is -2.20. The molecule has 2 N–H and O–H groups in total. The normalized spacial score (nSPS) is 13.1. The van der Waals surface area contributed by atoms with E-state index in [-0.39, 0.29) is 10.8 Å². The fourth-order valence-electron chi connectivity index (χ4n) is 3.49. The summed E-state index contributed by atoms with van der Waals surface area (Å²) in [6, 6.07) is 16.4. The second-order valence-corrected chi connectivity index (χ2v) is 9.41. The lowest BCUT2D eigenvalue weighted by Gasteiger charge is -2.18. The van der Waals surface area contributed by atoms with Crippen LogP contribution in [0.4, 0.5) is 11.4 Å². The van der Waals surface area contributed by atoms with E-state index in [9.17, 15) is 13.2 Å². The quantitative estimate of drug-likeness (QED) is 0.436. The second-order valence-electron chi connectivity index (χ2n) is 7.73. The molecule has 5 rings (SSSR count). The largest absolute Gasteiger partial charge is 0.438 e. The summed E-state index contributed by atoms with van der Waals surface area (Å²) in [5, 5.41) is 15.2. The number of aryl methyl sites for hydroxylation is 2. The van der Waals surface area contributed by atoms with Crippen LogP contribution in [0.3, 0.4) is 0 Å². The van der Waals surface area contributed by atoms with E-state index in [4.69, 9.17) is 4.74 Å². The summed E-state index contributed by atoms with van der Waals surface area (Å²) in [7, 11) is -3.80. The molecular formula is C23H20N6O4S. The van der Waals surface area contributed by atoms with Gasteiger partial charge in [0, 0.05) is 30.1 Å². The number of carbonyl (C=O) groups is 1. The molecule has 2 aromatic heterocycles. The summed E-state index contributed by atoms with van der Waals surface area (Å²) in [4.78, 5) is 11.6. The van der Waals surface area contributed by atoms with Crippen LogP contribution in [0.1, 0.15) is 17.7 Å². The van der Waals surface area contributed by atoms with Crippen molar-refractivity contribution < 1.29 is 17.9 Å². The third-order valence-corrected chi connectivity index (χ3v) is 6.57. The van der Waals surface area contributed by atoms with Gasteiger partial charge in [0.1, 0.15) is 5.75 Å². The SMILES string of the molecule is Cc1ccn(-c2ccc(Oc3ccc(NS(=O)(=O)c4ccc5c(c4)CCC(=O)N5)cc3)nn2)n1. The van der Waals surface area contributed by atoms with Crippen molar-refractivity contribution in [2.24, 2.45) is 0 Å². The first-order valence-electron chi connectivity index (χ1n) is 10.5. The number of nitrogens with one attached hydrogen (secondary N) is 2. The molecule has 0 fully saturated rings. The molecular weight excluding hydrogens is 456 g/mol. The maximum absolute atomic E-state index is 12.8. The van der Waals surface area contributed by atoms with E-state index in [0.29, 0.717) is 41.7 Å². The van der Waals surface area contributed by atoms with E-state index in [1.54, 1.807) is 59.4 Å². The lowest BCUT2D eigenvalue weighted by molar-refractivity contribution is -0.116. The fraction of sp³-hybridized carbons (Fsp3) is 0.130. The van der Waals surface area contributed by atoms with Crippen molar-refractivity contribution in [3.63, 3.8) is 0 Å². The second kappa shape index (κ2) is 8.60. The van der Waals surface area contributed by atoms with Crippen LogP contribution in [0.5, 0.6) is 11.6 Å². The Morgan fingerprint density at radius 2 is 1.82 bits per heavy atom. The maximum atomic E-state index is 12.8. The Morgan fingerprint density at radius 3 is 2.53 bits per heavy atom. The molecule has 34 heavy (non-hydrogen) atoms. The van der Waals surface area contributed by atoms with E-state index < -0.39 is 10.0 Å². The smallest absolute Gasteiger partial charge is 0.261 e. The molecule has 0 spiro atoms. The number of anilines is 2. The van der Waals surface area contributed by atoms with E-state index in [2.05, 4.69) is 25.3 Å². The highest BCUT2D eigenvalue weighted by atomic mass is 32.2. The van der Waals surface area contributed by atoms with Gasteiger partial charge in [0.15, 0.2) is 5.82 Å². The third kappa shape index (κ3) is 4.59. The van der Waals surface area contributed by atoms with Crippen molar-refractivity contribution in [2.75, 3.05) is 10.0 Å². The van der Waals surface area contributed by atoms with Crippen LogP contribution in [0.25, 0.3) is 5.82 Å². The number of ether oxygens (including phenoxy) is 1. The van der Waals surface area contributed by atoms with Gasteiger partial charge in [0.25, 0.3) is 10.0 Å². The molecule has 1 aliphatic heterocycles. The standard InChI is InChI=1S/C23H20N6O4S/c1-15-12-13-29(27-15)21-9-11-23(26-25-21)33-18-5-3-17(4-6-18)28-34(31,32)19-7-8-20-16(14-19)2-10-22(30)24-20/h3-9,11-14,28H,2,10H2,1H3,(H,24,30). The number of amides is 1. The topological polar surface area (TPSA) is 128 Å². The molecule has 3 heterocycles. The first-order valence-corrected chi connectivity index (χ1v) is 11.9. The van der Waals surface area contributed by atoms with Gasteiger partial charge < -0.3 is 10.1 Å². The molecule has 0 unspecified atom stereocenters. The minimum absolute atomic E-state index is 0.0709. The van der Waals surface area contributed by atoms with Crippen LogP contribution in [0.15, 0.2) is 71.8 Å². The van der Waals surface area contributed by atoms with Gasteiger partial charge in [-0.1, -0.05) is 0 Å². The number of hydrogen-bond acceptors (Lipinski definition) is 7. The number of aromatic nitrogens is 4. The van der Waals surface area contributed by atoms with Crippen LogP contribution in [-0.4, -0.2) is 34.3 Å². The van der Waals surface area contributed by atoms with Crippen molar-refractivity contribution in [2.45, 2.75) is 24.7 Å². The molecule has 2 aromatic carbocycles. The Hall–Kier alpha value is -4.25. The molecule has 0 saturated carbocycles. The van der Waals surface area contributed by atoms with Crippen LogP contribution in [0.2, 0.25) is 0 Å². The number of sulfonamides is 1. The number of carbonyl (C=O) groups excluding carboxylic acids is 1. The molecule has 0 aliphatic carbocycles. The number of rotatable bonds is 6. The van der Waals surface area contributed by atoms with Gasteiger partial charge in [0.05, 0.1) is 10.6 Å². The molecule has 1 aliphatic rings. The van der Waals surface area contributed by atoms with Crippen molar-refractivity contribution >= 4 is 27.3 Å².